The van der Waals surface area contributed by atoms with E-state index in [1.807, 2.05) is 54.6 Å². The van der Waals surface area contributed by atoms with Crippen LogP contribution in [-0.2, 0) is 0 Å². The Balaban J connectivity index is 1.71. The molecule has 3 rings (SSSR count). The van der Waals surface area contributed by atoms with Gasteiger partial charge in [-0.15, -0.1) is 0 Å². The molecule has 0 aliphatic rings. The highest BCUT2D eigenvalue weighted by Crippen LogP contribution is 2.29. The van der Waals surface area contributed by atoms with Crippen LogP contribution >= 0.6 is 11.6 Å². The van der Waals surface area contributed by atoms with Gasteiger partial charge >= 0.3 is 0 Å². The lowest BCUT2D eigenvalue weighted by molar-refractivity contribution is 0.170. The third kappa shape index (κ3) is 6.50. The SMILES string of the molecule is CCN(CC)CCC[C@H](C)NC[C@@H](O)c1cc(-c2ccc(Cl)cc2)nc2ccccc12. The predicted molar refractivity (Wildman–Crippen MR) is 132 cm³/mol. The van der Waals surface area contributed by atoms with E-state index in [2.05, 4.69) is 31.0 Å². The van der Waals surface area contributed by atoms with Gasteiger partial charge in [0.25, 0.3) is 0 Å². The van der Waals surface area contributed by atoms with Gasteiger partial charge in [-0.3, -0.25) is 0 Å². The second-order valence-corrected chi connectivity index (χ2v) is 8.55. The molecule has 0 aliphatic heterocycles. The molecule has 2 atom stereocenters. The lowest BCUT2D eigenvalue weighted by atomic mass is 10.00. The van der Waals surface area contributed by atoms with Gasteiger partial charge < -0.3 is 15.3 Å². The summed E-state index contributed by atoms with van der Waals surface area (Å²) in [5.74, 6) is 0. The number of aliphatic hydroxyl groups excluding tert-OH is 1. The Morgan fingerprint density at radius 2 is 1.77 bits per heavy atom. The number of nitrogens with zero attached hydrogens (tertiary/aromatic N) is 2. The maximum Gasteiger partial charge on any atom is 0.0921 e. The second-order valence-electron chi connectivity index (χ2n) is 8.11. The van der Waals surface area contributed by atoms with Gasteiger partial charge in [-0.25, -0.2) is 4.98 Å². The van der Waals surface area contributed by atoms with Crippen molar-refractivity contribution in [1.29, 1.82) is 0 Å². The third-order valence-corrected chi connectivity index (χ3v) is 6.16. The fourth-order valence-corrected chi connectivity index (χ4v) is 4.06. The summed E-state index contributed by atoms with van der Waals surface area (Å²) >= 11 is 6.05. The molecule has 0 saturated carbocycles. The predicted octanol–water partition coefficient (Wildman–Crippen LogP) is 5.69. The maximum atomic E-state index is 11.1. The number of fused-ring (bicyclic) bond motifs is 1. The molecule has 2 aromatic carbocycles. The zero-order valence-electron chi connectivity index (χ0n) is 18.8. The van der Waals surface area contributed by atoms with Gasteiger partial charge in [0.05, 0.1) is 17.3 Å². The molecule has 0 radical (unpaired) electrons. The Morgan fingerprint density at radius 1 is 1.06 bits per heavy atom. The molecule has 166 valence electrons. The minimum absolute atomic E-state index is 0.356. The molecule has 1 aromatic heterocycles. The van der Waals surface area contributed by atoms with E-state index in [-0.39, 0.29) is 0 Å². The number of rotatable bonds is 11. The molecule has 2 N–H and O–H groups in total. The maximum absolute atomic E-state index is 11.1. The van der Waals surface area contributed by atoms with Crippen molar-refractivity contribution in [2.45, 2.75) is 45.8 Å². The van der Waals surface area contributed by atoms with Crippen molar-refractivity contribution in [2.24, 2.45) is 0 Å². The van der Waals surface area contributed by atoms with Gasteiger partial charge in [-0.1, -0.05) is 55.8 Å². The molecular formula is C26H34ClN3O. The molecule has 0 saturated heterocycles. The van der Waals surface area contributed by atoms with Gasteiger partial charge in [-0.2, -0.15) is 0 Å². The number of halogens is 1. The standard InChI is InChI=1S/C26H34ClN3O/c1-4-30(5-2)16-8-9-19(3)28-18-26(31)23-17-25(20-12-14-21(27)15-13-20)29-24-11-7-6-10-22(23)24/h6-7,10-15,17,19,26,28,31H,4-5,8-9,16,18H2,1-3H3/t19-,26+/m0/s1. The first-order valence-electron chi connectivity index (χ1n) is 11.3. The van der Waals surface area contributed by atoms with E-state index in [1.54, 1.807) is 0 Å². The molecule has 4 nitrogen and oxygen atoms in total. The molecular weight excluding hydrogens is 406 g/mol. The van der Waals surface area contributed by atoms with E-state index in [9.17, 15) is 5.11 Å². The van der Waals surface area contributed by atoms with Crippen LogP contribution in [-0.4, -0.2) is 47.2 Å². The van der Waals surface area contributed by atoms with E-state index in [1.165, 1.54) is 0 Å². The molecule has 0 unspecified atom stereocenters. The summed E-state index contributed by atoms with van der Waals surface area (Å²) in [6.07, 6.45) is 1.64. The van der Waals surface area contributed by atoms with Gasteiger partial charge in [-0.05, 0) is 69.2 Å². The second kappa shape index (κ2) is 11.6. The number of aromatic nitrogens is 1. The van der Waals surface area contributed by atoms with Gasteiger partial charge in [0.2, 0.25) is 0 Å². The number of nitrogens with one attached hydrogen (secondary N) is 1. The van der Waals surface area contributed by atoms with Crippen LogP contribution in [0.4, 0.5) is 0 Å². The van der Waals surface area contributed by atoms with Crippen LogP contribution in [0.5, 0.6) is 0 Å². The average Bonchev–Trinajstić information content (AvgIpc) is 2.80. The highest BCUT2D eigenvalue weighted by atomic mass is 35.5. The van der Waals surface area contributed by atoms with Crippen molar-refractivity contribution in [3.63, 3.8) is 0 Å². The van der Waals surface area contributed by atoms with Crippen LogP contribution in [0, 0.1) is 0 Å². The van der Waals surface area contributed by atoms with Crippen molar-refractivity contribution >= 4 is 22.5 Å². The van der Waals surface area contributed by atoms with E-state index < -0.39 is 6.10 Å². The lowest BCUT2D eigenvalue weighted by Gasteiger charge is -2.21. The Morgan fingerprint density at radius 3 is 2.48 bits per heavy atom. The number of pyridine rings is 1. The summed E-state index contributed by atoms with van der Waals surface area (Å²) in [5.41, 5.74) is 3.62. The van der Waals surface area contributed by atoms with Crippen LogP contribution in [0.15, 0.2) is 54.6 Å². The van der Waals surface area contributed by atoms with Crippen molar-refractivity contribution in [1.82, 2.24) is 15.2 Å². The first-order valence-corrected chi connectivity index (χ1v) is 11.7. The van der Waals surface area contributed by atoms with Crippen LogP contribution in [0.1, 0.15) is 45.3 Å². The minimum Gasteiger partial charge on any atom is -0.387 e. The molecule has 0 bridgehead atoms. The van der Waals surface area contributed by atoms with Crippen molar-refractivity contribution in [2.75, 3.05) is 26.2 Å². The monoisotopic (exact) mass is 439 g/mol. The van der Waals surface area contributed by atoms with E-state index in [0.717, 1.165) is 60.2 Å². The van der Waals surface area contributed by atoms with Crippen molar-refractivity contribution < 1.29 is 5.11 Å². The van der Waals surface area contributed by atoms with Crippen LogP contribution in [0.2, 0.25) is 5.02 Å². The topological polar surface area (TPSA) is 48.4 Å². The van der Waals surface area contributed by atoms with E-state index >= 15 is 0 Å². The fraction of sp³-hybridized carbons (Fsp3) is 0.423. The molecule has 0 aliphatic carbocycles. The van der Waals surface area contributed by atoms with Crippen LogP contribution in [0.3, 0.4) is 0 Å². The lowest BCUT2D eigenvalue weighted by Crippen LogP contribution is -2.32. The largest absolute Gasteiger partial charge is 0.387 e. The summed E-state index contributed by atoms with van der Waals surface area (Å²) in [5, 5.41) is 16.3. The Bertz CT molecular complexity index is 957. The minimum atomic E-state index is -0.607. The van der Waals surface area contributed by atoms with E-state index in [0.29, 0.717) is 17.6 Å². The van der Waals surface area contributed by atoms with Gasteiger partial charge in [0, 0.05) is 28.6 Å². The molecule has 0 amide bonds. The van der Waals surface area contributed by atoms with Gasteiger partial charge in [0.15, 0.2) is 0 Å². The summed E-state index contributed by atoms with van der Waals surface area (Å²) < 4.78 is 0. The summed E-state index contributed by atoms with van der Waals surface area (Å²) in [7, 11) is 0. The Labute approximate surface area is 191 Å². The number of hydrogen-bond acceptors (Lipinski definition) is 4. The Kier molecular flexibility index (Phi) is 8.85. The van der Waals surface area contributed by atoms with Crippen LogP contribution < -0.4 is 5.32 Å². The first-order chi connectivity index (χ1) is 15.0. The normalized spacial score (nSPS) is 13.6. The molecule has 31 heavy (non-hydrogen) atoms. The zero-order chi connectivity index (χ0) is 22.2. The summed E-state index contributed by atoms with van der Waals surface area (Å²) in [6.45, 7) is 10.4. The Hall–Kier alpha value is -1.98. The number of aliphatic hydroxyl groups is 1. The molecule has 1 heterocycles. The first kappa shape index (κ1) is 23.7. The quantitative estimate of drug-likeness (QED) is 0.403. The highest BCUT2D eigenvalue weighted by molar-refractivity contribution is 6.30. The van der Waals surface area contributed by atoms with Gasteiger partial charge in [0.1, 0.15) is 0 Å². The highest BCUT2D eigenvalue weighted by Gasteiger charge is 2.16. The number of benzene rings is 2. The number of hydrogen-bond donors (Lipinski definition) is 2. The third-order valence-electron chi connectivity index (χ3n) is 5.91. The molecule has 5 heteroatoms. The zero-order valence-corrected chi connectivity index (χ0v) is 19.6. The smallest absolute Gasteiger partial charge is 0.0921 e. The van der Waals surface area contributed by atoms with Crippen molar-refractivity contribution in [3.8, 4) is 11.3 Å². The summed E-state index contributed by atoms with van der Waals surface area (Å²) in [6, 6.07) is 18.0. The molecule has 0 spiro atoms. The average molecular weight is 440 g/mol. The van der Waals surface area contributed by atoms with Crippen molar-refractivity contribution in [3.05, 3.63) is 65.2 Å². The van der Waals surface area contributed by atoms with E-state index in [4.69, 9.17) is 16.6 Å². The molecule has 3 aromatic rings. The van der Waals surface area contributed by atoms with Crippen LogP contribution in [0.25, 0.3) is 22.2 Å². The molecule has 0 fully saturated rings. The number of para-hydroxylation sites is 1. The summed E-state index contributed by atoms with van der Waals surface area (Å²) in [4.78, 5) is 7.25. The fourth-order valence-electron chi connectivity index (χ4n) is 3.93.